The SMILES string of the molecule is O=[N+]([O-])c1ccc2c(c1)C(=S)Nc1ccccc1S2. The number of nitrogens with zero attached hydrogens (tertiary/aromatic N) is 1. The van der Waals surface area contributed by atoms with Crippen LogP contribution in [0.15, 0.2) is 52.3 Å². The monoisotopic (exact) mass is 288 g/mol. The summed E-state index contributed by atoms with van der Waals surface area (Å²) in [4.78, 5) is 12.9. The molecule has 1 N–H and O–H groups in total. The number of benzene rings is 2. The van der Waals surface area contributed by atoms with E-state index in [1.807, 2.05) is 24.3 Å². The molecule has 0 atom stereocenters. The Bertz CT molecular complexity index is 701. The summed E-state index contributed by atoms with van der Waals surface area (Å²) in [7, 11) is 0. The number of nitro groups is 1. The average Bonchev–Trinajstić information content (AvgIpc) is 2.54. The van der Waals surface area contributed by atoms with E-state index in [9.17, 15) is 10.1 Å². The highest BCUT2D eigenvalue weighted by Gasteiger charge is 2.19. The first-order valence-corrected chi connectivity index (χ1v) is 6.74. The van der Waals surface area contributed by atoms with E-state index in [2.05, 4.69) is 5.32 Å². The smallest absolute Gasteiger partial charge is 0.270 e. The Morgan fingerprint density at radius 3 is 2.74 bits per heavy atom. The van der Waals surface area contributed by atoms with Crippen molar-refractivity contribution in [3.63, 3.8) is 0 Å². The van der Waals surface area contributed by atoms with Gasteiger partial charge in [0.1, 0.15) is 4.99 Å². The van der Waals surface area contributed by atoms with Gasteiger partial charge in [0.15, 0.2) is 0 Å². The Balaban J connectivity index is 2.13. The predicted molar refractivity (Wildman–Crippen MR) is 79.0 cm³/mol. The molecule has 0 saturated carbocycles. The third-order valence-electron chi connectivity index (χ3n) is 2.77. The highest BCUT2D eigenvalue weighted by atomic mass is 32.2. The zero-order valence-electron chi connectivity index (χ0n) is 9.62. The van der Waals surface area contributed by atoms with Gasteiger partial charge in [-0.25, -0.2) is 0 Å². The van der Waals surface area contributed by atoms with Crippen molar-refractivity contribution in [3.05, 3.63) is 58.1 Å². The number of anilines is 1. The number of hydrogen-bond donors (Lipinski definition) is 1. The van der Waals surface area contributed by atoms with E-state index in [0.717, 1.165) is 15.5 Å². The van der Waals surface area contributed by atoms with Crippen molar-refractivity contribution >= 4 is 40.3 Å². The molecule has 0 saturated heterocycles. The van der Waals surface area contributed by atoms with Crippen LogP contribution in [0.25, 0.3) is 0 Å². The summed E-state index contributed by atoms with van der Waals surface area (Å²) in [6.45, 7) is 0. The van der Waals surface area contributed by atoms with Crippen LogP contribution in [0.1, 0.15) is 5.56 Å². The van der Waals surface area contributed by atoms with Gasteiger partial charge in [0.25, 0.3) is 5.69 Å². The van der Waals surface area contributed by atoms with Crippen molar-refractivity contribution in [2.45, 2.75) is 9.79 Å². The van der Waals surface area contributed by atoms with Gasteiger partial charge >= 0.3 is 0 Å². The standard InChI is InChI=1S/C13H8N2O2S2/c16-15(17)8-5-6-11-9(7-8)13(18)14-10-3-1-2-4-12(10)19-11/h1-7H,(H,14,18). The minimum absolute atomic E-state index is 0.0504. The molecule has 0 fully saturated rings. The van der Waals surface area contributed by atoms with Crippen molar-refractivity contribution in [1.82, 2.24) is 0 Å². The first-order chi connectivity index (χ1) is 9.15. The normalized spacial score (nSPS) is 12.9. The molecule has 3 rings (SSSR count). The third kappa shape index (κ3) is 2.20. The van der Waals surface area contributed by atoms with Crippen LogP contribution in [0.4, 0.5) is 11.4 Å². The van der Waals surface area contributed by atoms with Gasteiger partial charge < -0.3 is 5.32 Å². The second-order valence-electron chi connectivity index (χ2n) is 3.99. The van der Waals surface area contributed by atoms with Crippen LogP contribution in [-0.4, -0.2) is 9.91 Å². The zero-order valence-corrected chi connectivity index (χ0v) is 11.3. The van der Waals surface area contributed by atoms with E-state index in [0.29, 0.717) is 10.6 Å². The molecule has 19 heavy (non-hydrogen) atoms. The molecule has 1 heterocycles. The second-order valence-corrected chi connectivity index (χ2v) is 5.48. The molecule has 0 bridgehead atoms. The summed E-state index contributed by atoms with van der Waals surface area (Å²) in [6.07, 6.45) is 0. The Morgan fingerprint density at radius 2 is 1.95 bits per heavy atom. The van der Waals surface area contributed by atoms with Crippen LogP contribution in [-0.2, 0) is 0 Å². The fraction of sp³-hybridized carbons (Fsp3) is 0. The van der Waals surface area contributed by atoms with E-state index >= 15 is 0 Å². The largest absolute Gasteiger partial charge is 0.345 e. The summed E-state index contributed by atoms with van der Waals surface area (Å²) in [6, 6.07) is 12.6. The summed E-state index contributed by atoms with van der Waals surface area (Å²) < 4.78 is 0. The summed E-state index contributed by atoms with van der Waals surface area (Å²) in [5, 5.41) is 14.0. The Kier molecular flexibility index (Phi) is 2.96. The Hall–Kier alpha value is -1.92. The Labute approximate surface area is 119 Å². The molecule has 6 heteroatoms. The molecule has 0 radical (unpaired) electrons. The van der Waals surface area contributed by atoms with Gasteiger partial charge in [-0.15, -0.1) is 0 Å². The highest BCUT2D eigenvalue weighted by Crippen LogP contribution is 2.39. The number of non-ortho nitro benzene ring substituents is 1. The molecule has 4 nitrogen and oxygen atoms in total. The maximum Gasteiger partial charge on any atom is 0.270 e. The third-order valence-corrected chi connectivity index (χ3v) is 4.25. The van der Waals surface area contributed by atoms with Crippen LogP contribution < -0.4 is 5.32 Å². The fourth-order valence-corrected chi connectivity index (χ4v) is 3.23. The number of para-hydroxylation sites is 1. The lowest BCUT2D eigenvalue weighted by Gasteiger charge is -2.06. The maximum atomic E-state index is 10.8. The topological polar surface area (TPSA) is 55.2 Å². The first kappa shape index (κ1) is 12.1. The Morgan fingerprint density at radius 1 is 1.16 bits per heavy atom. The van der Waals surface area contributed by atoms with Crippen molar-refractivity contribution in [3.8, 4) is 0 Å². The molecule has 0 spiro atoms. The van der Waals surface area contributed by atoms with Gasteiger partial charge in [0.2, 0.25) is 0 Å². The minimum Gasteiger partial charge on any atom is -0.345 e. The first-order valence-electron chi connectivity index (χ1n) is 5.52. The number of thiocarbonyl (C=S) groups is 1. The quantitative estimate of drug-likeness (QED) is 0.491. The van der Waals surface area contributed by atoms with Crippen LogP contribution in [0.5, 0.6) is 0 Å². The number of nitrogens with one attached hydrogen (secondary N) is 1. The van der Waals surface area contributed by atoms with Gasteiger partial charge in [-0.05, 0) is 18.2 Å². The van der Waals surface area contributed by atoms with Crippen LogP contribution in [0.2, 0.25) is 0 Å². The van der Waals surface area contributed by atoms with Gasteiger partial charge in [-0.1, -0.05) is 36.1 Å². The number of nitro benzene ring substituents is 1. The van der Waals surface area contributed by atoms with Crippen molar-refractivity contribution in [2.24, 2.45) is 0 Å². The molecule has 1 aliphatic heterocycles. The van der Waals surface area contributed by atoms with Gasteiger partial charge in [-0.3, -0.25) is 10.1 Å². The van der Waals surface area contributed by atoms with E-state index < -0.39 is 4.92 Å². The van der Waals surface area contributed by atoms with E-state index in [4.69, 9.17) is 12.2 Å². The number of hydrogen-bond acceptors (Lipinski definition) is 4. The second kappa shape index (κ2) is 4.64. The summed E-state index contributed by atoms with van der Waals surface area (Å²) >= 11 is 6.88. The van der Waals surface area contributed by atoms with Crippen LogP contribution in [0.3, 0.4) is 0 Å². The lowest BCUT2D eigenvalue weighted by molar-refractivity contribution is -0.384. The molecule has 2 aromatic carbocycles. The minimum atomic E-state index is -0.411. The maximum absolute atomic E-state index is 10.8. The zero-order chi connectivity index (χ0) is 13.4. The van der Waals surface area contributed by atoms with Crippen molar-refractivity contribution < 1.29 is 4.92 Å². The lowest BCUT2D eigenvalue weighted by atomic mass is 10.2. The predicted octanol–water partition coefficient (Wildman–Crippen LogP) is 3.85. The van der Waals surface area contributed by atoms with Crippen LogP contribution >= 0.6 is 24.0 Å². The highest BCUT2D eigenvalue weighted by molar-refractivity contribution is 7.99. The van der Waals surface area contributed by atoms with E-state index in [-0.39, 0.29) is 5.69 Å². The lowest BCUT2D eigenvalue weighted by Crippen LogP contribution is -2.10. The molecule has 0 aromatic heterocycles. The van der Waals surface area contributed by atoms with Crippen molar-refractivity contribution in [1.29, 1.82) is 0 Å². The van der Waals surface area contributed by atoms with Gasteiger partial charge in [0, 0.05) is 27.5 Å². The molecule has 1 aliphatic rings. The molecule has 94 valence electrons. The molecular weight excluding hydrogens is 280 g/mol. The van der Waals surface area contributed by atoms with E-state index in [1.165, 1.54) is 12.1 Å². The van der Waals surface area contributed by atoms with Crippen LogP contribution in [0, 0.1) is 10.1 Å². The molecular formula is C13H8N2O2S2. The number of fused-ring (bicyclic) bond motifs is 2. The molecule has 0 amide bonds. The van der Waals surface area contributed by atoms with Gasteiger partial charge in [-0.2, -0.15) is 0 Å². The summed E-state index contributed by atoms with van der Waals surface area (Å²) in [5.41, 5.74) is 1.68. The number of rotatable bonds is 1. The van der Waals surface area contributed by atoms with E-state index in [1.54, 1.807) is 17.8 Å². The van der Waals surface area contributed by atoms with Gasteiger partial charge in [0.05, 0.1) is 10.6 Å². The van der Waals surface area contributed by atoms with Crippen molar-refractivity contribution in [2.75, 3.05) is 5.32 Å². The fourth-order valence-electron chi connectivity index (χ4n) is 1.86. The summed E-state index contributed by atoms with van der Waals surface area (Å²) in [5.74, 6) is 0. The average molecular weight is 288 g/mol. The molecule has 2 aromatic rings. The molecule has 0 aliphatic carbocycles. The molecule has 0 unspecified atom stereocenters.